The van der Waals surface area contributed by atoms with Crippen molar-refractivity contribution in [3.63, 3.8) is 0 Å². The standard InChI is InChI=1S/C14H25N3O2/c1-4-14(5-2,7-8-18)11-16-12-9-15-10-13(17-12)19-6-3/h9-10,18H,4-8,11H2,1-3H3,(H,16,17). The Hall–Kier alpha value is -1.36. The molecule has 0 aromatic carbocycles. The molecule has 19 heavy (non-hydrogen) atoms. The van der Waals surface area contributed by atoms with E-state index in [0.29, 0.717) is 12.5 Å². The summed E-state index contributed by atoms with van der Waals surface area (Å²) in [5.74, 6) is 1.25. The predicted octanol–water partition coefficient (Wildman–Crippen LogP) is 2.48. The van der Waals surface area contributed by atoms with Crippen LogP contribution in [0.25, 0.3) is 0 Å². The van der Waals surface area contributed by atoms with Crippen LogP contribution in [0, 0.1) is 5.41 Å². The number of hydrogen-bond donors (Lipinski definition) is 2. The molecule has 0 atom stereocenters. The van der Waals surface area contributed by atoms with Crippen molar-refractivity contribution >= 4 is 5.82 Å². The summed E-state index contributed by atoms with van der Waals surface area (Å²) in [7, 11) is 0. The van der Waals surface area contributed by atoms with Crippen LogP contribution in [-0.2, 0) is 0 Å². The molecule has 0 saturated carbocycles. The van der Waals surface area contributed by atoms with Crippen molar-refractivity contribution in [2.75, 3.05) is 25.1 Å². The molecule has 0 bridgehead atoms. The Morgan fingerprint density at radius 1 is 1.26 bits per heavy atom. The second-order valence-electron chi connectivity index (χ2n) is 4.71. The molecule has 0 unspecified atom stereocenters. The van der Waals surface area contributed by atoms with Crippen molar-refractivity contribution in [1.82, 2.24) is 9.97 Å². The number of hydrogen-bond acceptors (Lipinski definition) is 5. The van der Waals surface area contributed by atoms with E-state index in [1.54, 1.807) is 12.4 Å². The molecular weight excluding hydrogens is 242 g/mol. The zero-order chi connectivity index (χ0) is 14.1. The predicted molar refractivity (Wildman–Crippen MR) is 76.4 cm³/mol. The SMILES string of the molecule is CCOc1cncc(NCC(CC)(CC)CCO)n1. The third-order valence-electron chi connectivity index (χ3n) is 3.69. The van der Waals surface area contributed by atoms with Gasteiger partial charge in [0.25, 0.3) is 0 Å². The number of aliphatic hydroxyl groups excluding tert-OH is 1. The number of nitrogens with one attached hydrogen (secondary N) is 1. The van der Waals surface area contributed by atoms with Crippen LogP contribution < -0.4 is 10.1 Å². The molecule has 5 nitrogen and oxygen atoms in total. The molecule has 0 amide bonds. The maximum Gasteiger partial charge on any atom is 0.234 e. The number of aromatic nitrogens is 2. The van der Waals surface area contributed by atoms with Crippen molar-refractivity contribution in [2.24, 2.45) is 5.41 Å². The second-order valence-corrected chi connectivity index (χ2v) is 4.71. The molecule has 0 saturated heterocycles. The maximum atomic E-state index is 9.20. The van der Waals surface area contributed by atoms with Crippen LogP contribution in [0.4, 0.5) is 5.82 Å². The van der Waals surface area contributed by atoms with Crippen LogP contribution in [0.1, 0.15) is 40.0 Å². The Balaban J connectivity index is 2.65. The van der Waals surface area contributed by atoms with Crippen molar-refractivity contribution in [3.05, 3.63) is 12.4 Å². The summed E-state index contributed by atoms with van der Waals surface area (Å²) in [4.78, 5) is 8.44. The lowest BCUT2D eigenvalue weighted by Crippen LogP contribution is -2.30. The second kappa shape index (κ2) is 7.94. The van der Waals surface area contributed by atoms with Gasteiger partial charge in [0.05, 0.1) is 19.0 Å². The Morgan fingerprint density at radius 2 is 2.00 bits per heavy atom. The van der Waals surface area contributed by atoms with E-state index >= 15 is 0 Å². The summed E-state index contributed by atoms with van der Waals surface area (Å²) in [6.07, 6.45) is 6.14. The summed E-state index contributed by atoms with van der Waals surface area (Å²) in [6, 6.07) is 0. The van der Waals surface area contributed by atoms with E-state index in [0.717, 1.165) is 31.6 Å². The summed E-state index contributed by atoms with van der Waals surface area (Å²) in [6.45, 7) is 7.81. The van der Waals surface area contributed by atoms with E-state index in [4.69, 9.17) is 4.74 Å². The van der Waals surface area contributed by atoms with Gasteiger partial charge in [-0.3, -0.25) is 4.98 Å². The number of aliphatic hydroxyl groups is 1. The highest BCUT2D eigenvalue weighted by molar-refractivity contribution is 5.33. The van der Waals surface area contributed by atoms with Gasteiger partial charge in [-0.15, -0.1) is 0 Å². The van der Waals surface area contributed by atoms with Gasteiger partial charge in [-0.1, -0.05) is 13.8 Å². The van der Waals surface area contributed by atoms with Gasteiger partial charge in [-0.05, 0) is 31.6 Å². The van der Waals surface area contributed by atoms with Crippen LogP contribution >= 0.6 is 0 Å². The van der Waals surface area contributed by atoms with Gasteiger partial charge in [-0.25, -0.2) is 0 Å². The molecule has 0 fully saturated rings. The van der Waals surface area contributed by atoms with Gasteiger partial charge < -0.3 is 15.2 Å². The Kier molecular flexibility index (Phi) is 6.56. The molecule has 0 spiro atoms. The summed E-state index contributed by atoms with van der Waals surface area (Å²) >= 11 is 0. The normalized spacial score (nSPS) is 11.4. The lowest BCUT2D eigenvalue weighted by molar-refractivity contribution is 0.179. The van der Waals surface area contributed by atoms with E-state index < -0.39 is 0 Å². The molecular formula is C14H25N3O2. The Labute approximate surface area is 115 Å². The number of anilines is 1. The van der Waals surface area contributed by atoms with E-state index in [1.807, 2.05) is 6.92 Å². The fourth-order valence-corrected chi connectivity index (χ4v) is 2.11. The van der Waals surface area contributed by atoms with Gasteiger partial charge in [0.1, 0.15) is 5.82 Å². The fourth-order valence-electron chi connectivity index (χ4n) is 2.11. The zero-order valence-corrected chi connectivity index (χ0v) is 12.1. The molecule has 5 heteroatoms. The molecule has 0 aliphatic carbocycles. The van der Waals surface area contributed by atoms with Crippen LogP contribution in [0.15, 0.2) is 12.4 Å². The van der Waals surface area contributed by atoms with Crippen molar-refractivity contribution in [1.29, 1.82) is 0 Å². The van der Waals surface area contributed by atoms with Crippen LogP contribution in [-0.4, -0.2) is 34.8 Å². The van der Waals surface area contributed by atoms with Gasteiger partial charge in [0, 0.05) is 13.2 Å². The average Bonchev–Trinajstić information content (AvgIpc) is 2.44. The fraction of sp³-hybridized carbons (Fsp3) is 0.714. The first-order valence-corrected chi connectivity index (χ1v) is 6.99. The highest BCUT2D eigenvalue weighted by Gasteiger charge is 2.25. The first kappa shape index (κ1) is 15.7. The largest absolute Gasteiger partial charge is 0.477 e. The van der Waals surface area contributed by atoms with Crippen molar-refractivity contribution in [2.45, 2.75) is 40.0 Å². The van der Waals surface area contributed by atoms with Crippen LogP contribution in [0.3, 0.4) is 0 Å². The summed E-state index contributed by atoms with van der Waals surface area (Å²) in [5, 5.41) is 12.5. The minimum atomic E-state index is 0.109. The Morgan fingerprint density at radius 3 is 2.58 bits per heavy atom. The van der Waals surface area contributed by atoms with Gasteiger partial charge in [-0.2, -0.15) is 4.98 Å². The van der Waals surface area contributed by atoms with E-state index in [9.17, 15) is 5.11 Å². The monoisotopic (exact) mass is 267 g/mol. The molecule has 108 valence electrons. The maximum absolute atomic E-state index is 9.20. The topological polar surface area (TPSA) is 67.3 Å². The first-order chi connectivity index (χ1) is 9.19. The molecule has 2 N–H and O–H groups in total. The number of ether oxygens (including phenoxy) is 1. The molecule has 1 rings (SSSR count). The van der Waals surface area contributed by atoms with Crippen LogP contribution in [0.5, 0.6) is 5.88 Å². The highest BCUT2D eigenvalue weighted by atomic mass is 16.5. The third kappa shape index (κ3) is 4.67. The summed E-state index contributed by atoms with van der Waals surface area (Å²) in [5.41, 5.74) is 0.109. The quantitative estimate of drug-likeness (QED) is 0.719. The van der Waals surface area contributed by atoms with Gasteiger partial charge >= 0.3 is 0 Å². The minimum Gasteiger partial charge on any atom is -0.477 e. The smallest absolute Gasteiger partial charge is 0.234 e. The molecule has 0 aliphatic rings. The third-order valence-corrected chi connectivity index (χ3v) is 3.69. The van der Waals surface area contributed by atoms with Crippen molar-refractivity contribution in [3.8, 4) is 5.88 Å². The molecule has 0 aliphatic heterocycles. The van der Waals surface area contributed by atoms with E-state index in [1.165, 1.54) is 0 Å². The Bertz CT molecular complexity index is 367. The zero-order valence-electron chi connectivity index (χ0n) is 12.1. The lowest BCUT2D eigenvalue weighted by atomic mass is 9.79. The molecule has 1 aromatic heterocycles. The van der Waals surface area contributed by atoms with Crippen molar-refractivity contribution < 1.29 is 9.84 Å². The summed E-state index contributed by atoms with van der Waals surface area (Å²) < 4.78 is 5.33. The van der Waals surface area contributed by atoms with Gasteiger partial charge in [0.15, 0.2) is 0 Å². The molecule has 1 heterocycles. The average molecular weight is 267 g/mol. The number of nitrogens with zero attached hydrogens (tertiary/aromatic N) is 2. The molecule has 1 aromatic rings. The van der Waals surface area contributed by atoms with E-state index in [-0.39, 0.29) is 12.0 Å². The minimum absolute atomic E-state index is 0.109. The number of rotatable bonds is 9. The van der Waals surface area contributed by atoms with Crippen LogP contribution in [0.2, 0.25) is 0 Å². The van der Waals surface area contributed by atoms with Gasteiger partial charge in [0.2, 0.25) is 5.88 Å². The first-order valence-electron chi connectivity index (χ1n) is 6.99. The highest BCUT2D eigenvalue weighted by Crippen LogP contribution is 2.30. The lowest BCUT2D eigenvalue weighted by Gasteiger charge is -2.31. The van der Waals surface area contributed by atoms with E-state index in [2.05, 4.69) is 29.1 Å². The molecule has 0 radical (unpaired) electrons.